The van der Waals surface area contributed by atoms with E-state index in [2.05, 4.69) is 4.72 Å². The Morgan fingerprint density at radius 3 is 1.97 bits per heavy atom. The molecule has 3 rings (SSSR count). The predicted octanol–water partition coefficient (Wildman–Crippen LogP) is 6.01. The van der Waals surface area contributed by atoms with Crippen LogP contribution in [-0.4, -0.2) is 37.0 Å². The molecule has 0 radical (unpaired) electrons. The van der Waals surface area contributed by atoms with E-state index in [1.54, 1.807) is 6.92 Å². The third kappa shape index (κ3) is 6.17. The molecule has 210 valence electrons. The van der Waals surface area contributed by atoms with Crippen LogP contribution in [-0.2, 0) is 27.8 Å². The van der Waals surface area contributed by atoms with Gasteiger partial charge in [-0.25, -0.2) is 17.6 Å². The minimum Gasteiger partial charge on any atom is -0.478 e. The minimum absolute atomic E-state index is 0.00130. The predicted molar refractivity (Wildman–Crippen MR) is 127 cm³/mol. The number of rotatable bonds is 8. The lowest BCUT2D eigenvalue weighted by atomic mass is 9.90. The Labute approximate surface area is 217 Å². The molecule has 0 saturated heterocycles. The molecule has 0 amide bonds. The molecule has 0 fully saturated rings. The standard InChI is InChI=1S/C25H20F7NO5S/c1-2-15-11-14(3-9-20(15)22(34)35)13-39(37,38)33-18-7-4-16(5-8-18)19-10-6-17(12-21(19)26)23(36,24(27,28)29)25(30,31)32/h3-12,33,36H,2,13H2,1H3,(H,34,35). The molecule has 3 aromatic rings. The second-order valence-corrected chi connectivity index (χ2v) is 10.2. The Morgan fingerprint density at radius 2 is 1.49 bits per heavy atom. The average molecular weight is 579 g/mol. The number of carbonyl (C=O) groups is 1. The molecule has 3 aromatic carbocycles. The first-order chi connectivity index (χ1) is 17.9. The van der Waals surface area contributed by atoms with Gasteiger partial charge in [0, 0.05) is 16.8 Å². The van der Waals surface area contributed by atoms with Gasteiger partial charge in [0.05, 0.1) is 11.3 Å². The normalized spacial score (nSPS) is 12.8. The number of aliphatic hydroxyl groups is 1. The molecule has 0 aromatic heterocycles. The smallest absolute Gasteiger partial charge is 0.430 e. The van der Waals surface area contributed by atoms with Gasteiger partial charge in [0.1, 0.15) is 5.82 Å². The van der Waals surface area contributed by atoms with Crippen LogP contribution in [0.15, 0.2) is 60.7 Å². The van der Waals surface area contributed by atoms with Gasteiger partial charge >= 0.3 is 18.3 Å². The summed E-state index contributed by atoms with van der Waals surface area (Å²) in [5.41, 5.74) is -6.60. The van der Waals surface area contributed by atoms with Crippen LogP contribution in [0.1, 0.15) is 34.0 Å². The van der Waals surface area contributed by atoms with Crippen molar-refractivity contribution >= 4 is 21.7 Å². The van der Waals surface area contributed by atoms with Crippen LogP contribution in [0.25, 0.3) is 11.1 Å². The molecule has 0 atom stereocenters. The van der Waals surface area contributed by atoms with Crippen LogP contribution in [0.3, 0.4) is 0 Å². The minimum atomic E-state index is -6.17. The number of alkyl halides is 6. The molecule has 0 spiro atoms. The lowest BCUT2D eigenvalue weighted by molar-refractivity contribution is -0.376. The van der Waals surface area contributed by atoms with Crippen molar-refractivity contribution in [2.24, 2.45) is 0 Å². The summed E-state index contributed by atoms with van der Waals surface area (Å²) < 4.78 is 121. The van der Waals surface area contributed by atoms with E-state index in [4.69, 9.17) is 0 Å². The SMILES string of the molecule is CCc1cc(CS(=O)(=O)Nc2ccc(-c3ccc(C(O)(C(F)(F)F)C(F)(F)F)cc3F)cc2)ccc1C(=O)O. The Balaban J connectivity index is 1.82. The fourth-order valence-electron chi connectivity index (χ4n) is 3.85. The third-order valence-electron chi connectivity index (χ3n) is 5.81. The fraction of sp³-hybridized carbons (Fsp3) is 0.240. The Hall–Kier alpha value is -3.65. The Kier molecular flexibility index (Phi) is 8.04. The molecule has 0 aliphatic heterocycles. The van der Waals surface area contributed by atoms with Crippen LogP contribution in [0.4, 0.5) is 36.4 Å². The van der Waals surface area contributed by atoms with Crippen LogP contribution in [0.5, 0.6) is 0 Å². The monoisotopic (exact) mass is 579 g/mol. The highest BCUT2D eigenvalue weighted by Gasteiger charge is 2.71. The zero-order chi connectivity index (χ0) is 29.4. The first kappa shape index (κ1) is 29.9. The largest absolute Gasteiger partial charge is 0.478 e. The molecule has 3 N–H and O–H groups in total. The second-order valence-electron chi connectivity index (χ2n) is 8.49. The maximum Gasteiger partial charge on any atom is 0.430 e. The highest BCUT2D eigenvalue weighted by atomic mass is 32.2. The van der Waals surface area contributed by atoms with Crippen molar-refractivity contribution in [2.45, 2.75) is 37.1 Å². The molecule has 0 saturated carbocycles. The number of sulfonamides is 1. The summed E-state index contributed by atoms with van der Waals surface area (Å²) in [7, 11) is -3.99. The highest BCUT2D eigenvalue weighted by Crippen LogP contribution is 2.50. The first-order valence-electron chi connectivity index (χ1n) is 11.0. The van der Waals surface area contributed by atoms with Crippen molar-refractivity contribution < 1.29 is 54.2 Å². The summed E-state index contributed by atoms with van der Waals surface area (Å²) in [4.78, 5) is 11.3. The van der Waals surface area contributed by atoms with Gasteiger partial charge in [-0.2, -0.15) is 26.3 Å². The third-order valence-corrected chi connectivity index (χ3v) is 7.07. The van der Waals surface area contributed by atoms with Crippen LogP contribution in [0.2, 0.25) is 0 Å². The summed E-state index contributed by atoms with van der Waals surface area (Å²) in [6.07, 6.45) is -12.0. The quantitative estimate of drug-likeness (QED) is 0.284. The lowest BCUT2D eigenvalue weighted by Gasteiger charge is -2.32. The molecular weight excluding hydrogens is 559 g/mol. The number of carboxylic acid groups (broad SMARTS) is 1. The van der Waals surface area contributed by atoms with Crippen molar-refractivity contribution in [3.05, 3.63) is 88.7 Å². The zero-order valence-electron chi connectivity index (χ0n) is 19.9. The number of benzene rings is 3. The van der Waals surface area contributed by atoms with E-state index >= 15 is 0 Å². The Bertz CT molecular complexity index is 1470. The topological polar surface area (TPSA) is 104 Å². The number of halogens is 7. The van der Waals surface area contributed by atoms with E-state index in [0.29, 0.717) is 29.7 Å². The maximum atomic E-state index is 14.6. The number of carboxylic acids is 1. The average Bonchev–Trinajstić information content (AvgIpc) is 2.81. The van der Waals surface area contributed by atoms with Gasteiger partial charge in [-0.3, -0.25) is 4.72 Å². The van der Waals surface area contributed by atoms with Crippen LogP contribution < -0.4 is 4.72 Å². The number of aromatic carboxylic acids is 1. The summed E-state index contributed by atoms with van der Waals surface area (Å²) in [6.45, 7) is 1.71. The molecule has 0 unspecified atom stereocenters. The lowest BCUT2D eigenvalue weighted by Crippen LogP contribution is -2.53. The van der Waals surface area contributed by atoms with Crippen molar-refractivity contribution in [3.63, 3.8) is 0 Å². The fourth-order valence-corrected chi connectivity index (χ4v) is 5.04. The summed E-state index contributed by atoms with van der Waals surface area (Å²) in [5.74, 6) is -3.13. The Morgan fingerprint density at radius 1 is 0.897 bits per heavy atom. The van der Waals surface area contributed by atoms with Gasteiger partial charge in [0.15, 0.2) is 0 Å². The van der Waals surface area contributed by atoms with E-state index in [-0.39, 0.29) is 22.9 Å². The summed E-state index contributed by atoms with van der Waals surface area (Å²) in [6, 6.07) is 9.76. The number of nitrogens with one attached hydrogen (secondary N) is 1. The maximum absolute atomic E-state index is 14.6. The molecule has 0 bridgehead atoms. The molecule has 0 aliphatic carbocycles. The first-order valence-corrected chi connectivity index (χ1v) is 12.7. The van der Waals surface area contributed by atoms with E-state index in [0.717, 1.165) is 0 Å². The van der Waals surface area contributed by atoms with Gasteiger partial charge in [-0.05, 0) is 47.4 Å². The van der Waals surface area contributed by atoms with Gasteiger partial charge < -0.3 is 10.2 Å². The number of hydrogen-bond donors (Lipinski definition) is 3. The molecule has 0 heterocycles. The second kappa shape index (κ2) is 10.5. The van der Waals surface area contributed by atoms with Gasteiger partial charge in [0.25, 0.3) is 5.60 Å². The van der Waals surface area contributed by atoms with E-state index in [1.165, 1.54) is 42.5 Å². The van der Waals surface area contributed by atoms with Gasteiger partial charge in [0.2, 0.25) is 10.0 Å². The molecule has 14 heteroatoms. The van der Waals surface area contributed by atoms with E-state index < -0.39 is 56.6 Å². The van der Waals surface area contributed by atoms with Gasteiger partial charge in [-0.1, -0.05) is 43.3 Å². The van der Waals surface area contributed by atoms with Crippen LogP contribution in [0, 0.1) is 5.82 Å². The highest BCUT2D eigenvalue weighted by molar-refractivity contribution is 7.91. The number of aryl methyl sites for hydroxylation is 1. The zero-order valence-corrected chi connectivity index (χ0v) is 20.7. The van der Waals surface area contributed by atoms with Crippen molar-refractivity contribution in [1.29, 1.82) is 0 Å². The summed E-state index contributed by atoms with van der Waals surface area (Å²) >= 11 is 0. The van der Waals surface area contributed by atoms with Crippen LogP contribution >= 0.6 is 0 Å². The van der Waals surface area contributed by atoms with E-state index in [9.17, 15) is 54.2 Å². The van der Waals surface area contributed by atoms with E-state index in [1.807, 2.05) is 0 Å². The summed E-state index contributed by atoms with van der Waals surface area (Å²) in [5, 5.41) is 18.6. The van der Waals surface area contributed by atoms with Crippen molar-refractivity contribution in [2.75, 3.05) is 4.72 Å². The van der Waals surface area contributed by atoms with Gasteiger partial charge in [-0.15, -0.1) is 0 Å². The molecule has 0 aliphatic rings. The van der Waals surface area contributed by atoms with Crippen molar-refractivity contribution in [1.82, 2.24) is 0 Å². The molecule has 6 nitrogen and oxygen atoms in total. The number of anilines is 1. The molecule has 39 heavy (non-hydrogen) atoms. The van der Waals surface area contributed by atoms with Crippen molar-refractivity contribution in [3.8, 4) is 11.1 Å². The number of hydrogen-bond acceptors (Lipinski definition) is 4. The molecular formula is C25H20F7NO5S.